The predicted octanol–water partition coefficient (Wildman–Crippen LogP) is 2.48. The van der Waals surface area contributed by atoms with Crippen molar-refractivity contribution < 1.29 is 9.90 Å². The number of fused-ring (bicyclic) bond motifs is 1. The highest BCUT2D eigenvalue weighted by Gasteiger charge is 2.26. The van der Waals surface area contributed by atoms with Gasteiger partial charge in [-0.2, -0.15) is 5.10 Å². The molecule has 0 aromatic carbocycles. The summed E-state index contributed by atoms with van der Waals surface area (Å²) in [5.41, 5.74) is 0.741. The minimum atomic E-state index is -0.975. The Morgan fingerprint density at radius 1 is 1.38 bits per heavy atom. The van der Waals surface area contributed by atoms with Crippen LogP contribution in [0, 0.1) is 0 Å². The molecule has 0 unspecified atom stereocenters. The van der Waals surface area contributed by atoms with Crippen LogP contribution in [0.3, 0.4) is 0 Å². The number of anilines is 1. The molecule has 3 rings (SSSR count). The number of nitrogens with zero attached hydrogens (tertiary/aromatic N) is 3. The maximum absolute atomic E-state index is 10.9. The summed E-state index contributed by atoms with van der Waals surface area (Å²) in [7, 11) is 0. The first-order valence-corrected chi connectivity index (χ1v) is 7.69. The zero-order valence-corrected chi connectivity index (χ0v) is 12.9. The lowest BCUT2D eigenvalue weighted by Crippen LogP contribution is -2.48. The van der Waals surface area contributed by atoms with Gasteiger partial charge in [0.25, 0.3) is 0 Å². The summed E-state index contributed by atoms with van der Waals surface area (Å²) < 4.78 is 2.42. The molecule has 8 heteroatoms. The Morgan fingerprint density at radius 2 is 2.14 bits per heavy atom. The molecular weight excluding hydrogens is 338 g/mol. The molecule has 2 aromatic heterocycles. The molecular formula is C13H16BrN5O2. The van der Waals surface area contributed by atoms with E-state index in [1.165, 1.54) is 0 Å². The van der Waals surface area contributed by atoms with Crippen LogP contribution < -0.4 is 10.6 Å². The van der Waals surface area contributed by atoms with E-state index in [1.807, 2.05) is 18.3 Å². The Labute approximate surface area is 129 Å². The largest absolute Gasteiger partial charge is 0.465 e. The second-order valence-corrected chi connectivity index (χ2v) is 5.99. The van der Waals surface area contributed by atoms with Crippen molar-refractivity contribution in [2.75, 3.05) is 5.32 Å². The first-order valence-electron chi connectivity index (χ1n) is 6.90. The van der Waals surface area contributed by atoms with Crippen molar-refractivity contribution in [3.05, 3.63) is 22.9 Å². The number of hydrogen-bond acceptors (Lipinski definition) is 4. The minimum Gasteiger partial charge on any atom is -0.465 e. The molecule has 21 heavy (non-hydrogen) atoms. The third-order valence-electron chi connectivity index (χ3n) is 3.70. The molecule has 1 aliphatic carbocycles. The van der Waals surface area contributed by atoms with Crippen LogP contribution in [0.4, 0.5) is 10.6 Å². The Morgan fingerprint density at radius 3 is 2.90 bits per heavy atom. The fourth-order valence-corrected chi connectivity index (χ4v) is 3.13. The summed E-state index contributed by atoms with van der Waals surface area (Å²) in [6, 6.07) is 3.67. The van der Waals surface area contributed by atoms with E-state index >= 15 is 0 Å². The second kappa shape index (κ2) is 5.88. The van der Waals surface area contributed by atoms with Crippen LogP contribution in [0.1, 0.15) is 25.7 Å². The van der Waals surface area contributed by atoms with Crippen molar-refractivity contribution in [3.63, 3.8) is 0 Å². The molecule has 7 nitrogen and oxygen atoms in total. The molecule has 0 radical (unpaired) electrons. The Bertz CT molecular complexity index is 659. The number of aromatic nitrogens is 3. The lowest BCUT2D eigenvalue weighted by Gasteiger charge is -2.32. The molecule has 2 atom stereocenters. The van der Waals surface area contributed by atoms with E-state index in [1.54, 1.807) is 4.52 Å². The Balaban J connectivity index is 1.77. The molecule has 0 bridgehead atoms. The van der Waals surface area contributed by atoms with Crippen molar-refractivity contribution in [2.45, 2.75) is 37.8 Å². The minimum absolute atomic E-state index is 0.0659. The molecule has 3 N–H and O–H groups in total. The van der Waals surface area contributed by atoms with Crippen molar-refractivity contribution >= 4 is 33.5 Å². The van der Waals surface area contributed by atoms with Crippen LogP contribution >= 0.6 is 15.9 Å². The number of nitrogens with one attached hydrogen (secondary N) is 2. The van der Waals surface area contributed by atoms with E-state index in [9.17, 15) is 4.79 Å². The van der Waals surface area contributed by atoms with Gasteiger partial charge in [0.1, 0.15) is 10.4 Å². The average Bonchev–Trinajstić information content (AvgIpc) is 2.80. The van der Waals surface area contributed by atoms with Crippen LogP contribution in [-0.2, 0) is 0 Å². The van der Waals surface area contributed by atoms with Gasteiger partial charge in [0.15, 0.2) is 5.65 Å². The highest BCUT2D eigenvalue weighted by Crippen LogP contribution is 2.22. The van der Waals surface area contributed by atoms with Crippen LogP contribution in [0.5, 0.6) is 0 Å². The van der Waals surface area contributed by atoms with E-state index in [4.69, 9.17) is 5.11 Å². The smallest absolute Gasteiger partial charge is 0.404 e. The van der Waals surface area contributed by atoms with E-state index in [2.05, 4.69) is 36.6 Å². The highest BCUT2D eigenvalue weighted by atomic mass is 79.9. The van der Waals surface area contributed by atoms with Crippen LogP contribution in [0.2, 0.25) is 0 Å². The number of amides is 1. The van der Waals surface area contributed by atoms with Gasteiger partial charge in [0, 0.05) is 18.3 Å². The van der Waals surface area contributed by atoms with Gasteiger partial charge in [0.2, 0.25) is 0 Å². The Kier molecular flexibility index (Phi) is 3.96. The predicted molar refractivity (Wildman–Crippen MR) is 81.5 cm³/mol. The normalized spacial score (nSPS) is 22.1. The molecule has 2 heterocycles. The zero-order chi connectivity index (χ0) is 14.8. The fourth-order valence-electron chi connectivity index (χ4n) is 2.76. The maximum atomic E-state index is 10.9. The first-order chi connectivity index (χ1) is 10.1. The van der Waals surface area contributed by atoms with Gasteiger partial charge in [-0.1, -0.05) is 12.8 Å². The maximum Gasteiger partial charge on any atom is 0.404 e. The van der Waals surface area contributed by atoms with Gasteiger partial charge < -0.3 is 15.7 Å². The summed E-state index contributed by atoms with van der Waals surface area (Å²) in [5.74, 6) is 0.735. The molecule has 0 spiro atoms. The number of hydrogen-bond donors (Lipinski definition) is 3. The monoisotopic (exact) mass is 353 g/mol. The molecule has 2 aromatic rings. The summed E-state index contributed by atoms with van der Waals surface area (Å²) in [6.07, 6.45) is 4.78. The summed E-state index contributed by atoms with van der Waals surface area (Å²) in [6.45, 7) is 0. The summed E-state index contributed by atoms with van der Waals surface area (Å²) >= 11 is 3.32. The molecule has 1 amide bonds. The van der Waals surface area contributed by atoms with Gasteiger partial charge >= 0.3 is 6.09 Å². The number of rotatable bonds is 3. The van der Waals surface area contributed by atoms with Gasteiger partial charge in [-0.25, -0.2) is 14.3 Å². The number of halogens is 1. The molecule has 1 saturated carbocycles. The molecule has 0 aliphatic heterocycles. The van der Waals surface area contributed by atoms with Crippen molar-refractivity contribution in [1.29, 1.82) is 0 Å². The van der Waals surface area contributed by atoms with Crippen molar-refractivity contribution in [3.8, 4) is 0 Å². The topological polar surface area (TPSA) is 91.5 Å². The van der Waals surface area contributed by atoms with Gasteiger partial charge in [-0.3, -0.25) is 0 Å². The molecule has 1 fully saturated rings. The molecule has 1 aliphatic rings. The first kappa shape index (κ1) is 14.1. The zero-order valence-electron chi connectivity index (χ0n) is 11.3. The van der Waals surface area contributed by atoms with E-state index < -0.39 is 6.09 Å². The lowest BCUT2D eigenvalue weighted by atomic mass is 9.90. The van der Waals surface area contributed by atoms with Crippen molar-refractivity contribution in [1.82, 2.24) is 19.9 Å². The Hall–Kier alpha value is -1.83. The summed E-state index contributed by atoms with van der Waals surface area (Å²) in [5, 5.41) is 19.1. The van der Waals surface area contributed by atoms with Gasteiger partial charge in [-0.15, -0.1) is 0 Å². The highest BCUT2D eigenvalue weighted by molar-refractivity contribution is 9.10. The second-order valence-electron chi connectivity index (χ2n) is 5.17. The van der Waals surface area contributed by atoms with Crippen LogP contribution in [-0.4, -0.2) is 37.9 Å². The molecule has 112 valence electrons. The van der Waals surface area contributed by atoms with Crippen molar-refractivity contribution in [2.24, 2.45) is 0 Å². The van der Waals surface area contributed by atoms with Crippen LogP contribution in [0.25, 0.3) is 5.65 Å². The van der Waals surface area contributed by atoms with E-state index in [0.29, 0.717) is 0 Å². The standard InChI is InChI=1S/C13H16BrN5O2/c14-10-7-12-17-11(5-6-19(12)18-10)15-8-3-1-2-4-9(8)16-13(20)21/h5-9,16H,1-4H2,(H,15,17)(H,20,21)/t8-,9+/m1/s1. The summed E-state index contributed by atoms with van der Waals surface area (Å²) in [4.78, 5) is 15.4. The molecule has 0 saturated heterocycles. The number of carbonyl (C=O) groups is 1. The third-order valence-corrected chi connectivity index (χ3v) is 4.09. The quantitative estimate of drug-likeness (QED) is 0.788. The lowest BCUT2D eigenvalue weighted by molar-refractivity contribution is 0.184. The fraction of sp³-hybridized carbons (Fsp3) is 0.462. The van der Waals surface area contributed by atoms with Gasteiger partial charge in [0.05, 0.1) is 6.04 Å². The SMILES string of the molecule is O=C(O)N[C@H]1CCCC[C@H]1Nc1ccn2nc(Br)cc2n1. The number of carboxylic acid groups (broad SMARTS) is 1. The third kappa shape index (κ3) is 3.26. The van der Waals surface area contributed by atoms with Gasteiger partial charge in [-0.05, 0) is 34.8 Å². The average molecular weight is 354 g/mol. The van der Waals surface area contributed by atoms with E-state index in [0.717, 1.165) is 41.8 Å². The van der Waals surface area contributed by atoms with Crippen LogP contribution in [0.15, 0.2) is 22.9 Å². The van der Waals surface area contributed by atoms with E-state index in [-0.39, 0.29) is 12.1 Å².